The molecule has 0 aliphatic carbocycles. The summed E-state index contributed by atoms with van der Waals surface area (Å²) in [4.78, 5) is 19.6. The number of hydrogen-bond donors (Lipinski definition) is 0. The van der Waals surface area contributed by atoms with E-state index in [-0.39, 0.29) is 16.7 Å². The molecule has 1 unspecified atom stereocenters. The summed E-state index contributed by atoms with van der Waals surface area (Å²) in [5, 5.41) is 10.9. The number of nitro benzene ring substituents is 1. The number of non-ortho nitro benzene ring substituents is 1. The van der Waals surface area contributed by atoms with Gasteiger partial charge in [-0.1, -0.05) is 18.2 Å². The Morgan fingerprint density at radius 2 is 1.91 bits per heavy atom. The smallest absolute Gasteiger partial charge is 0.269 e. The first-order valence-electron chi connectivity index (χ1n) is 7.79. The summed E-state index contributed by atoms with van der Waals surface area (Å²) < 4.78 is 0. The number of nitro groups is 1. The fraction of sp³-hybridized carbons (Fsp3) is 0.353. The van der Waals surface area contributed by atoms with Gasteiger partial charge in [-0.3, -0.25) is 15.0 Å². The Morgan fingerprint density at radius 3 is 2.57 bits per heavy atom. The van der Waals surface area contributed by atoms with Crippen LogP contribution in [0.3, 0.4) is 0 Å². The van der Waals surface area contributed by atoms with Crippen molar-refractivity contribution >= 4 is 11.5 Å². The Hall–Kier alpha value is -2.47. The number of benzene rings is 1. The van der Waals surface area contributed by atoms with Crippen LogP contribution < -0.4 is 4.90 Å². The molecule has 1 atom stereocenters. The molecule has 0 amide bonds. The largest absolute Gasteiger partial charge is 0.354 e. The Bertz CT molecular complexity index is 669. The third-order valence-electron chi connectivity index (χ3n) is 4.40. The summed E-state index contributed by atoms with van der Waals surface area (Å²) in [7, 11) is 0. The molecule has 0 bridgehead atoms. The molecule has 1 aliphatic rings. The molecule has 6 nitrogen and oxygen atoms in total. The van der Waals surface area contributed by atoms with Crippen LogP contribution in [0.15, 0.2) is 48.7 Å². The summed E-state index contributed by atoms with van der Waals surface area (Å²) in [6.45, 7) is 5.77. The van der Waals surface area contributed by atoms with Crippen molar-refractivity contribution in [2.24, 2.45) is 0 Å². The van der Waals surface area contributed by atoms with Crippen molar-refractivity contribution in [1.82, 2.24) is 9.88 Å². The Labute approximate surface area is 135 Å². The maximum atomic E-state index is 10.9. The molecule has 1 fully saturated rings. The van der Waals surface area contributed by atoms with E-state index >= 15 is 0 Å². The highest BCUT2D eigenvalue weighted by atomic mass is 16.6. The molecule has 1 aliphatic heterocycles. The predicted octanol–water partition coefficient (Wildman–Crippen LogP) is 2.87. The first kappa shape index (κ1) is 15.4. The van der Waals surface area contributed by atoms with Crippen LogP contribution in [0.25, 0.3) is 0 Å². The standard InChI is InChI=1S/C17H20N4O2/c1-14(15-5-4-6-16(13-15)21(22)23)19-9-11-20(12-10-19)17-7-2-3-8-18-17/h2-8,13-14H,9-12H2,1H3. The first-order valence-corrected chi connectivity index (χ1v) is 7.79. The highest BCUT2D eigenvalue weighted by molar-refractivity contribution is 5.39. The Balaban J connectivity index is 1.65. The highest BCUT2D eigenvalue weighted by Gasteiger charge is 2.23. The molecule has 0 saturated carbocycles. The van der Waals surface area contributed by atoms with Gasteiger partial charge < -0.3 is 4.90 Å². The minimum Gasteiger partial charge on any atom is -0.354 e. The van der Waals surface area contributed by atoms with Crippen molar-refractivity contribution in [3.05, 3.63) is 64.3 Å². The lowest BCUT2D eigenvalue weighted by molar-refractivity contribution is -0.384. The Morgan fingerprint density at radius 1 is 1.13 bits per heavy atom. The van der Waals surface area contributed by atoms with Crippen molar-refractivity contribution in [2.75, 3.05) is 31.1 Å². The van der Waals surface area contributed by atoms with E-state index in [1.54, 1.807) is 12.1 Å². The number of hydrogen-bond acceptors (Lipinski definition) is 5. The van der Waals surface area contributed by atoms with E-state index in [9.17, 15) is 10.1 Å². The molecule has 0 radical (unpaired) electrons. The van der Waals surface area contributed by atoms with Crippen LogP contribution in [0.5, 0.6) is 0 Å². The molecule has 23 heavy (non-hydrogen) atoms. The van der Waals surface area contributed by atoms with E-state index in [0.29, 0.717) is 0 Å². The van der Waals surface area contributed by atoms with Crippen LogP contribution in [0.4, 0.5) is 11.5 Å². The van der Waals surface area contributed by atoms with E-state index in [1.807, 2.05) is 30.5 Å². The number of rotatable bonds is 4. The molecule has 2 heterocycles. The number of nitrogens with zero attached hydrogens (tertiary/aromatic N) is 4. The zero-order valence-electron chi connectivity index (χ0n) is 13.1. The van der Waals surface area contributed by atoms with Crippen molar-refractivity contribution in [1.29, 1.82) is 0 Å². The molecule has 1 saturated heterocycles. The van der Waals surface area contributed by atoms with Crippen LogP contribution >= 0.6 is 0 Å². The topological polar surface area (TPSA) is 62.5 Å². The lowest BCUT2D eigenvalue weighted by atomic mass is 10.1. The maximum absolute atomic E-state index is 10.9. The van der Waals surface area contributed by atoms with Gasteiger partial charge in [0.1, 0.15) is 5.82 Å². The van der Waals surface area contributed by atoms with Crippen LogP contribution in [0, 0.1) is 10.1 Å². The van der Waals surface area contributed by atoms with Crippen molar-refractivity contribution in [2.45, 2.75) is 13.0 Å². The van der Waals surface area contributed by atoms with Gasteiger partial charge in [0.15, 0.2) is 0 Å². The van der Waals surface area contributed by atoms with Crippen LogP contribution in [0.1, 0.15) is 18.5 Å². The molecule has 2 aromatic rings. The average Bonchev–Trinajstić information content (AvgIpc) is 2.62. The molecule has 120 valence electrons. The van der Waals surface area contributed by atoms with Crippen LogP contribution in [-0.4, -0.2) is 41.0 Å². The molecule has 3 rings (SSSR count). The van der Waals surface area contributed by atoms with Crippen molar-refractivity contribution < 1.29 is 4.92 Å². The molecule has 1 aromatic carbocycles. The van der Waals surface area contributed by atoms with Gasteiger partial charge in [-0.15, -0.1) is 0 Å². The van der Waals surface area contributed by atoms with Crippen molar-refractivity contribution in [3.63, 3.8) is 0 Å². The summed E-state index contributed by atoms with van der Waals surface area (Å²) in [5.74, 6) is 1.01. The van der Waals surface area contributed by atoms with Crippen molar-refractivity contribution in [3.8, 4) is 0 Å². The van der Waals surface area contributed by atoms with E-state index in [1.165, 1.54) is 6.07 Å². The minimum absolute atomic E-state index is 0.154. The van der Waals surface area contributed by atoms with Crippen LogP contribution in [-0.2, 0) is 0 Å². The van der Waals surface area contributed by atoms with E-state index < -0.39 is 0 Å². The van der Waals surface area contributed by atoms with Crippen LogP contribution in [0.2, 0.25) is 0 Å². The van der Waals surface area contributed by atoms with Gasteiger partial charge in [0.05, 0.1) is 4.92 Å². The second-order valence-corrected chi connectivity index (χ2v) is 5.74. The van der Waals surface area contributed by atoms with Gasteiger partial charge in [-0.2, -0.15) is 0 Å². The molecule has 0 N–H and O–H groups in total. The van der Waals surface area contributed by atoms with Gasteiger partial charge >= 0.3 is 0 Å². The molecule has 6 heteroatoms. The normalized spacial score (nSPS) is 17.0. The fourth-order valence-electron chi connectivity index (χ4n) is 2.99. The zero-order valence-corrected chi connectivity index (χ0v) is 13.1. The third kappa shape index (κ3) is 3.48. The fourth-order valence-corrected chi connectivity index (χ4v) is 2.99. The number of piperazine rings is 1. The minimum atomic E-state index is -0.338. The highest BCUT2D eigenvalue weighted by Crippen LogP contribution is 2.25. The monoisotopic (exact) mass is 312 g/mol. The Kier molecular flexibility index (Phi) is 4.52. The SMILES string of the molecule is CC(c1cccc([N+](=O)[O-])c1)N1CCN(c2ccccn2)CC1. The van der Waals surface area contributed by atoms with E-state index in [2.05, 4.69) is 21.7 Å². The summed E-state index contributed by atoms with van der Waals surface area (Å²) in [5.41, 5.74) is 1.15. The predicted molar refractivity (Wildman–Crippen MR) is 89.5 cm³/mol. The molecule has 1 aromatic heterocycles. The van der Waals surface area contributed by atoms with Gasteiger partial charge in [0, 0.05) is 50.6 Å². The summed E-state index contributed by atoms with van der Waals surface area (Å²) in [6, 6.07) is 13.0. The van der Waals surface area contributed by atoms with E-state index in [0.717, 1.165) is 37.6 Å². The lowest BCUT2D eigenvalue weighted by Crippen LogP contribution is -2.47. The molecule has 0 spiro atoms. The summed E-state index contributed by atoms with van der Waals surface area (Å²) in [6.07, 6.45) is 1.81. The number of aromatic nitrogens is 1. The van der Waals surface area contributed by atoms with E-state index in [4.69, 9.17) is 0 Å². The summed E-state index contributed by atoms with van der Waals surface area (Å²) >= 11 is 0. The average molecular weight is 312 g/mol. The zero-order chi connectivity index (χ0) is 16.2. The number of anilines is 1. The van der Waals surface area contributed by atoms with Gasteiger partial charge in [0.25, 0.3) is 5.69 Å². The second-order valence-electron chi connectivity index (χ2n) is 5.74. The molecular weight excluding hydrogens is 292 g/mol. The van der Waals surface area contributed by atoms with Gasteiger partial charge in [-0.05, 0) is 24.6 Å². The quantitative estimate of drug-likeness (QED) is 0.641. The number of pyridine rings is 1. The second kappa shape index (κ2) is 6.75. The maximum Gasteiger partial charge on any atom is 0.269 e. The third-order valence-corrected chi connectivity index (χ3v) is 4.40. The lowest BCUT2D eigenvalue weighted by Gasteiger charge is -2.38. The van der Waals surface area contributed by atoms with Gasteiger partial charge in [0.2, 0.25) is 0 Å². The molecular formula is C17H20N4O2. The van der Waals surface area contributed by atoms with Gasteiger partial charge in [-0.25, -0.2) is 4.98 Å². The first-order chi connectivity index (χ1) is 11.1.